The van der Waals surface area contributed by atoms with Gasteiger partial charge in [0.1, 0.15) is 5.69 Å². The molecule has 1 fully saturated rings. The Balaban J connectivity index is 1.86. The summed E-state index contributed by atoms with van der Waals surface area (Å²) >= 11 is 3.32. The Morgan fingerprint density at radius 2 is 2.14 bits per heavy atom. The van der Waals surface area contributed by atoms with Gasteiger partial charge in [-0.25, -0.2) is 0 Å². The minimum atomic E-state index is -0.791. The monoisotopic (exact) mass is 351 g/mol. The van der Waals surface area contributed by atoms with Crippen molar-refractivity contribution in [2.45, 2.75) is 31.6 Å². The average molecular weight is 352 g/mol. The quantitative estimate of drug-likeness (QED) is 0.912. The number of carboxylic acid groups (broad SMARTS) is 1. The van der Waals surface area contributed by atoms with E-state index in [1.54, 1.807) is 12.3 Å². The van der Waals surface area contributed by atoms with E-state index in [2.05, 4.69) is 31.1 Å². The normalized spacial score (nSPS) is 22.1. The molecule has 0 aliphatic heterocycles. The standard InChI is InChI=1S/C14H14BrN3O3/c15-8-5-6-11(16-7-8)12-17-13(21-18-12)9-3-1-2-4-10(9)14(19)20/h5-7,9-10H,1-4H2,(H,19,20). The fraction of sp³-hybridized carbons (Fsp3) is 0.429. The summed E-state index contributed by atoms with van der Waals surface area (Å²) in [7, 11) is 0. The Hall–Kier alpha value is -1.76. The van der Waals surface area contributed by atoms with Gasteiger partial charge in [-0.05, 0) is 40.9 Å². The summed E-state index contributed by atoms with van der Waals surface area (Å²) in [6.45, 7) is 0. The molecule has 2 aromatic rings. The van der Waals surface area contributed by atoms with Crippen molar-refractivity contribution >= 4 is 21.9 Å². The minimum Gasteiger partial charge on any atom is -0.481 e. The maximum absolute atomic E-state index is 11.3. The predicted octanol–water partition coefficient (Wildman–Crippen LogP) is 3.25. The number of pyridine rings is 1. The average Bonchev–Trinajstić information content (AvgIpc) is 2.97. The van der Waals surface area contributed by atoms with E-state index in [-0.39, 0.29) is 5.92 Å². The number of rotatable bonds is 3. The number of aliphatic carboxylic acids is 1. The lowest BCUT2D eigenvalue weighted by Gasteiger charge is -2.25. The Kier molecular flexibility index (Phi) is 4.01. The van der Waals surface area contributed by atoms with Gasteiger partial charge in [-0.15, -0.1) is 0 Å². The first-order valence-electron chi connectivity index (χ1n) is 6.83. The summed E-state index contributed by atoms with van der Waals surface area (Å²) < 4.78 is 6.16. The van der Waals surface area contributed by atoms with Gasteiger partial charge in [0.05, 0.1) is 11.8 Å². The van der Waals surface area contributed by atoms with Gasteiger partial charge in [-0.1, -0.05) is 18.0 Å². The van der Waals surface area contributed by atoms with Crippen LogP contribution >= 0.6 is 15.9 Å². The van der Waals surface area contributed by atoms with Crippen LogP contribution < -0.4 is 0 Å². The summed E-state index contributed by atoms with van der Waals surface area (Å²) in [6.07, 6.45) is 5.01. The topological polar surface area (TPSA) is 89.1 Å². The predicted molar refractivity (Wildman–Crippen MR) is 77.6 cm³/mol. The lowest BCUT2D eigenvalue weighted by molar-refractivity contribution is -0.143. The molecule has 0 saturated heterocycles. The van der Waals surface area contributed by atoms with Crippen LogP contribution in [0.15, 0.2) is 27.3 Å². The Morgan fingerprint density at radius 3 is 2.86 bits per heavy atom. The second kappa shape index (κ2) is 5.93. The summed E-state index contributed by atoms with van der Waals surface area (Å²) in [5.74, 6) is -0.631. The Morgan fingerprint density at radius 1 is 1.33 bits per heavy atom. The molecule has 1 aliphatic carbocycles. The molecule has 1 saturated carbocycles. The number of carbonyl (C=O) groups is 1. The molecule has 6 nitrogen and oxygen atoms in total. The zero-order valence-electron chi connectivity index (χ0n) is 11.2. The summed E-state index contributed by atoms with van der Waals surface area (Å²) in [5, 5.41) is 13.2. The molecule has 2 aromatic heterocycles. The molecule has 1 N–H and O–H groups in total. The van der Waals surface area contributed by atoms with E-state index in [1.165, 1.54) is 0 Å². The van der Waals surface area contributed by atoms with Crippen molar-refractivity contribution < 1.29 is 14.4 Å². The molecule has 0 radical (unpaired) electrons. The van der Waals surface area contributed by atoms with Crippen LogP contribution in [0.25, 0.3) is 11.5 Å². The van der Waals surface area contributed by atoms with Gasteiger partial charge in [-0.3, -0.25) is 9.78 Å². The third-order valence-corrected chi connectivity index (χ3v) is 4.27. The van der Waals surface area contributed by atoms with E-state index < -0.39 is 11.9 Å². The van der Waals surface area contributed by atoms with Crippen molar-refractivity contribution in [2.75, 3.05) is 0 Å². The zero-order chi connectivity index (χ0) is 14.8. The van der Waals surface area contributed by atoms with Gasteiger partial charge in [0.15, 0.2) is 0 Å². The van der Waals surface area contributed by atoms with E-state index in [4.69, 9.17) is 4.52 Å². The van der Waals surface area contributed by atoms with Crippen molar-refractivity contribution in [3.63, 3.8) is 0 Å². The van der Waals surface area contributed by atoms with Crippen LogP contribution in [0.2, 0.25) is 0 Å². The van der Waals surface area contributed by atoms with Crippen LogP contribution in [0.1, 0.15) is 37.5 Å². The number of hydrogen-bond acceptors (Lipinski definition) is 5. The highest BCUT2D eigenvalue weighted by Crippen LogP contribution is 2.37. The third kappa shape index (κ3) is 2.97. The van der Waals surface area contributed by atoms with Gasteiger partial charge in [0.2, 0.25) is 11.7 Å². The van der Waals surface area contributed by atoms with Gasteiger partial charge >= 0.3 is 5.97 Å². The number of carboxylic acids is 1. The third-order valence-electron chi connectivity index (χ3n) is 3.80. The van der Waals surface area contributed by atoms with Crippen molar-refractivity contribution in [2.24, 2.45) is 5.92 Å². The molecule has 0 spiro atoms. The van der Waals surface area contributed by atoms with Gasteiger partial charge in [0.25, 0.3) is 0 Å². The minimum absolute atomic E-state index is 0.201. The van der Waals surface area contributed by atoms with E-state index in [9.17, 15) is 9.90 Å². The Labute approximate surface area is 129 Å². The fourth-order valence-corrected chi connectivity index (χ4v) is 2.95. The summed E-state index contributed by atoms with van der Waals surface area (Å²) in [6, 6.07) is 3.63. The number of halogens is 1. The van der Waals surface area contributed by atoms with Crippen LogP contribution in [0, 0.1) is 5.92 Å². The summed E-state index contributed by atoms with van der Waals surface area (Å²) in [5.41, 5.74) is 0.607. The van der Waals surface area contributed by atoms with Crippen molar-refractivity contribution in [3.8, 4) is 11.5 Å². The first kappa shape index (κ1) is 14.2. The second-order valence-corrected chi connectivity index (χ2v) is 6.07. The molecular weight excluding hydrogens is 338 g/mol. The molecule has 110 valence electrons. The maximum Gasteiger partial charge on any atom is 0.307 e. The smallest absolute Gasteiger partial charge is 0.307 e. The molecule has 21 heavy (non-hydrogen) atoms. The number of nitrogens with zero attached hydrogens (tertiary/aromatic N) is 3. The van der Waals surface area contributed by atoms with Crippen LogP contribution in [0.4, 0.5) is 0 Å². The van der Waals surface area contributed by atoms with E-state index in [0.29, 0.717) is 23.8 Å². The van der Waals surface area contributed by atoms with Crippen LogP contribution in [-0.4, -0.2) is 26.2 Å². The lowest BCUT2D eigenvalue weighted by atomic mass is 9.79. The molecule has 1 aliphatic rings. The first-order chi connectivity index (χ1) is 10.1. The molecule has 0 amide bonds. The number of hydrogen-bond donors (Lipinski definition) is 1. The van der Waals surface area contributed by atoms with E-state index >= 15 is 0 Å². The zero-order valence-corrected chi connectivity index (χ0v) is 12.8. The van der Waals surface area contributed by atoms with Crippen LogP contribution in [0.3, 0.4) is 0 Å². The van der Waals surface area contributed by atoms with E-state index in [1.807, 2.05) is 6.07 Å². The van der Waals surface area contributed by atoms with Gasteiger partial charge in [0, 0.05) is 10.7 Å². The molecule has 0 aromatic carbocycles. The molecule has 2 atom stereocenters. The highest BCUT2D eigenvalue weighted by Gasteiger charge is 2.35. The van der Waals surface area contributed by atoms with Gasteiger partial charge in [-0.2, -0.15) is 4.98 Å². The SMILES string of the molecule is O=C(O)C1CCCCC1c1nc(-c2ccc(Br)cn2)no1. The summed E-state index contributed by atoms with van der Waals surface area (Å²) in [4.78, 5) is 19.9. The van der Waals surface area contributed by atoms with E-state index in [0.717, 1.165) is 23.7 Å². The first-order valence-corrected chi connectivity index (χ1v) is 7.63. The highest BCUT2D eigenvalue weighted by molar-refractivity contribution is 9.10. The maximum atomic E-state index is 11.3. The fourth-order valence-electron chi connectivity index (χ4n) is 2.72. The second-order valence-electron chi connectivity index (χ2n) is 5.15. The van der Waals surface area contributed by atoms with Crippen molar-refractivity contribution in [3.05, 3.63) is 28.7 Å². The molecule has 7 heteroatoms. The highest BCUT2D eigenvalue weighted by atomic mass is 79.9. The van der Waals surface area contributed by atoms with Gasteiger partial charge < -0.3 is 9.63 Å². The van der Waals surface area contributed by atoms with Crippen molar-refractivity contribution in [1.82, 2.24) is 15.1 Å². The van der Waals surface area contributed by atoms with Crippen LogP contribution in [0.5, 0.6) is 0 Å². The van der Waals surface area contributed by atoms with Crippen molar-refractivity contribution in [1.29, 1.82) is 0 Å². The van der Waals surface area contributed by atoms with Crippen LogP contribution in [-0.2, 0) is 4.79 Å². The lowest BCUT2D eigenvalue weighted by Crippen LogP contribution is -2.25. The molecule has 3 rings (SSSR count). The Bertz CT molecular complexity index is 641. The molecule has 0 bridgehead atoms. The number of aromatic nitrogens is 3. The molecule has 2 unspecified atom stereocenters. The largest absolute Gasteiger partial charge is 0.481 e. The molecular formula is C14H14BrN3O3. The molecule has 2 heterocycles.